The second-order valence-corrected chi connectivity index (χ2v) is 4.03. The Morgan fingerprint density at radius 1 is 1.57 bits per heavy atom. The summed E-state index contributed by atoms with van der Waals surface area (Å²) in [6, 6.07) is 4.40. The van der Waals surface area contributed by atoms with E-state index in [-0.39, 0.29) is 0 Å². The zero-order valence-electron chi connectivity index (χ0n) is 8.20. The number of hydrogen-bond donors (Lipinski definition) is 1. The molecule has 1 N–H and O–H groups in total. The predicted octanol–water partition coefficient (Wildman–Crippen LogP) is 1.53. The Bertz CT molecular complexity index is 293. The first-order valence-corrected chi connectivity index (χ1v) is 5.20. The van der Waals surface area contributed by atoms with Gasteiger partial charge < -0.3 is 10.2 Å². The summed E-state index contributed by atoms with van der Waals surface area (Å²) < 4.78 is 0. The first-order chi connectivity index (χ1) is 6.77. The standard InChI is InChI=1S/C10H14ClN3/c1-14(9-4-5-12-7-9)10-3-2-8(11)6-13-10/h2-3,6,9,12H,4-5,7H2,1H3. The number of halogens is 1. The van der Waals surface area contributed by atoms with Gasteiger partial charge in [-0.3, -0.25) is 0 Å². The fourth-order valence-electron chi connectivity index (χ4n) is 1.73. The van der Waals surface area contributed by atoms with Crippen LogP contribution in [0, 0.1) is 0 Å². The van der Waals surface area contributed by atoms with Gasteiger partial charge in [0.1, 0.15) is 5.82 Å². The van der Waals surface area contributed by atoms with E-state index in [0.29, 0.717) is 11.1 Å². The van der Waals surface area contributed by atoms with Crippen molar-refractivity contribution in [3.63, 3.8) is 0 Å². The van der Waals surface area contributed by atoms with Crippen molar-refractivity contribution in [2.75, 3.05) is 25.0 Å². The number of rotatable bonds is 2. The van der Waals surface area contributed by atoms with Gasteiger partial charge in [-0.2, -0.15) is 0 Å². The monoisotopic (exact) mass is 211 g/mol. The zero-order valence-corrected chi connectivity index (χ0v) is 8.96. The average Bonchev–Trinajstić information content (AvgIpc) is 2.71. The van der Waals surface area contributed by atoms with E-state index in [0.717, 1.165) is 18.9 Å². The Kier molecular flexibility index (Phi) is 2.89. The third-order valence-electron chi connectivity index (χ3n) is 2.66. The third-order valence-corrected chi connectivity index (χ3v) is 2.88. The molecule has 1 fully saturated rings. The van der Waals surface area contributed by atoms with Crippen LogP contribution in [0.2, 0.25) is 5.02 Å². The van der Waals surface area contributed by atoms with E-state index < -0.39 is 0 Å². The molecular formula is C10H14ClN3. The molecule has 0 aliphatic carbocycles. The van der Waals surface area contributed by atoms with Crippen LogP contribution in [0.5, 0.6) is 0 Å². The minimum absolute atomic E-state index is 0.559. The van der Waals surface area contributed by atoms with Crippen molar-refractivity contribution in [2.45, 2.75) is 12.5 Å². The van der Waals surface area contributed by atoms with E-state index in [1.165, 1.54) is 6.42 Å². The number of anilines is 1. The molecule has 1 atom stereocenters. The van der Waals surface area contributed by atoms with Crippen LogP contribution in [0.4, 0.5) is 5.82 Å². The highest BCUT2D eigenvalue weighted by Crippen LogP contribution is 2.17. The lowest BCUT2D eigenvalue weighted by Gasteiger charge is -2.24. The van der Waals surface area contributed by atoms with Gasteiger partial charge in [-0.15, -0.1) is 0 Å². The van der Waals surface area contributed by atoms with Gasteiger partial charge in [0.15, 0.2) is 0 Å². The number of nitrogens with one attached hydrogen (secondary N) is 1. The maximum Gasteiger partial charge on any atom is 0.128 e. The van der Waals surface area contributed by atoms with E-state index in [2.05, 4.69) is 22.2 Å². The van der Waals surface area contributed by atoms with Crippen LogP contribution >= 0.6 is 11.6 Å². The minimum atomic E-state index is 0.559. The molecule has 1 aliphatic heterocycles. The van der Waals surface area contributed by atoms with Gasteiger partial charge in [-0.05, 0) is 25.1 Å². The molecule has 0 bridgehead atoms. The van der Waals surface area contributed by atoms with Crippen molar-refractivity contribution < 1.29 is 0 Å². The maximum absolute atomic E-state index is 5.78. The quantitative estimate of drug-likeness (QED) is 0.805. The van der Waals surface area contributed by atoms with Crippen LogP contribution in [0.3, 0.4) is 0 Å². The van der Waals surface area contributed by atoms with Gasteiger partial charge in [0.2, 0.25) is 0 Å². The summed E-state index contributed by atoms with van der Waals surface area (Å²) in [6.45, 7) is 2.14. The largest absolute Gasteiger partial charge is 0.355 e. The van der Waals surface area contributed by atoms with Crippen LogP contribution in [0.1, 0.15) is 6.42 Å². The topological polar surface area (TPSA) is 28.2 Å². The van der Waals surface area contributed by atoms with Crippen LogP contribution in [0.25, 0.3) is 0 Å². The molecule has 4 heteroatoms. The van der Waals surface area contributed by atoms with Gasteiger partial charge >= 0.3 is 0 Å². The Morgan fingerprint density at radius 3 is 3.00 bits per heavy atom. The molecule has 2 heterocycles. The summed E-state index contributed by atoms with van der Waals surface area (Å²) in [5, 5.41) is 4.03. The number of pyridine rings is 1. The average molecular weight is 212 g/mol. The molecule has 0 radical (unpaired) electrons. The van der Waals surface area contributed by atoms with Crippen molar-refractivity contribution in [2.24, 2.45) is 0 Å². The number of nitrogens with zero attached hydrogens (tertiary/aromatic N) is 2. The zero-order chi connectivity index (χ0) is 9.97. The minimum Gasteiger partial charge on any atom is -0.355 e. The number of likely N-dealkylation sites (N-methyl/N-ethyl adjacent to an activating group) is 1. The SMILES string of the molecule is CN(c1ccc(Cl)cn1)C1CCNC1. The van der Waals surface area contributed by atoms with Gasteiger partial charge in [0.25, 0.3) is 0 Å². The van der Waals surface area contributed by atoms with Crippen LogP contribution < -0.4 is 10.2 Å². The summed E-state index contributed by atoms with van der Waals surface area (Å²) in [6.07, 6.45) is 2.87. The summed E-state index contributed by atoms with van der Waals surface area (Å²) in [7, 11) is 2.08. The number of hydrogen-bond acceptors (Lipinski definition) is 3. The molecule has 3 nitrogen and oxygen atoms in total. The molecule has 76 valence electrons. The van der Waals surface area contributed by atoms with Gasteiger partial charge in [0, 0.05) is 25.8 Å². The highest BCUT2D eigenvalue weighted by Gasteiger charge is 2.19. The van der Waals surface area contributed by atoms with E-state index in [1.807, 2.05) is 12.1 Å². The van der Waals surface area contributed by atoms with Crippen molar-refractivity contribution in [1.29, 1.82) is 0 Å². The Labute approximate surface area is 89.1 Å². The van der Waals surface area contributed by atoms with Crippen molar-refractivity contribution in [1.82, 2.24) is 10.3 Å². The molecule has 1 aliphatic rings. The normalized spacial score (nSPS) is 21.1. The number of aromatic nitrogens is 1. The molecule has 1 saturated heterocycles. The highest BCUT2D eigenvalue weighted by atomic mass is 35.5. The Hall–Kier alpha value is -0.800. The van der Waals surface area contributed by atoms with E-state index in [4.69, 9.17) is 11.6 Å². The molecule has 1 aromatic heterocycles. The van der Waals surface area contributed by atoms with Crippen molar-refractivity contribution in [3.8, 4) is 0 Å². The predicted molar refractivity (Wildman–Crippen MR) is 58.9 cm³/mol. The van der Waals surface area contributed by atoms with Crippen molar-refractivity contribution in [3.05, 3.63) is 23.4 Å². The highest BCUT2D eigenvalue weighted by molar-refractivity contribution is 6.30. The lowest BCUT2D eigenvalue weighted by Crippen LogP contribution is -2.33. The molecule has 2 rings (SSSR count). The molecular weight excluding hydrogens is 198 g/mol. The molecule has 1 unspecified atom stereocenters. The summed E-state index contributed by atoms with van der Waals surface area (Å²) in [4.78, 5) is 6.49. The van der Waals surface area contributed by atoms with E-state index in [9.17, 15) is 0 Å². The Balaban J connectivity index is 2.09. The molecule has 0 spiro atoms. The van der Waals surface area contributed by atoms with Gasteiger partial charge in [0.05, 0.1) is 5.02 Å². The van der Waals surface area contributed by atoms with Gasteiger partial charge in [-0.25, -0.2) is 4.98 Å². The second-order valence-electron chi connectivity index (χ2n) is 3.59. The fourth-order valence-corrected chi connectivity index (χ4v) is 1.85. The smallest absolute Gasteiger partial charge is 0.128 e. The van der Waals surface area contributed by atoms with Crippen LogP contribution in [0.15, 0.2) is 18.3 Å². The summed E-state index contributed by atoms with van der Waals surface area (Å²) in [5.41, 5.74) is 0. The van der Waals surface area contributed by atoms with Gasteiger partial charge in [-0.1, -0.05) is 11.6 Å². The lowest BCUT2D eigenvalue weighted by atomic mass is 10.2. The first kappa shape index (κ1) is 9.74. The first-order valence-electron chi connectivity index (χ1n) is 4.82. The molecule has 0 saturated carbocycles. The second kappa shape index (κ2) is 4.15. The lowest BCUT2D eigenvalue weighted by molar-refractivity contribution is 0.678. The third kappa shape index (κ3) is 1.99. The molecule has 14 heavy (non-hydrogen) atoms. The van der Waals surface area contributed by atoms with E-state index >= 15 is 0 Å². The Morgan fingerprint density at radius 2 is 2.43 bits per heavy atom. The summed E-state index contributed by atoms with van der Waals surface area (Å²) >= 11 is 5.78. The molecule has 0 amide bonds. The maximum atomic E-state index is 5.78. The van der Waals surface area contributed by atoms with Crippen LogP contribution in [-0.4, -0.2) is 31.2 Å². The molecule has 0 aromatic carbocycles. The molecule has 1 aromatic rings. The van der Waals surface area contributed by atoms with Crippen molar-refractivity contribution >= 4 is 17.4 Å². The summed E-state index contributed by atoms with van der Waals surface area (Å²) in [5.74, 6) is 0.989. The van der Waals surface area contributed by atoms with Crippen LogP contribution in [-0.2, 0) is 0 Å². The van der Waals surface area contributed by atoms with E-state index in [1.54, 1.807) is 6.20 Å². The fraction of sp³-hybridized carbons (Fsp3) is 0.500.